The van der Waals surface area contributed by atoms with Crippen molar-refractivity contribution < 1.29 is 4.79 Å². The summed E-state index contributed by atoms with van der Waals surface area (Å²) < 4.78 is 0. The highest BCUT2D eigenvalue weighted by molar-refractivity contribution is 5.94. The first kappa shape index (κ1) is 17.1. The molecule has 2 aliphatic rings. The maximum Gasteiger partial charge on any atom is 0.253 e. The lowest BCUT2D eigenvalue weighted by atomic mass is 10.1. The molecule has 4 nitrogen and oxygen atoms in total. The largest absolute Gasteiger partial charge is 0.369 e. The summed E-state index contributed by atoms with van der Waals surface area (Å²) in [6, 6.07) is 18.9. The Hall–Kier alpha value is -2.33. The summed E-state index contributed by atoms with van der Waals surface area (Å²) in [6.07, 6.45) is 2.28. The first-order chi connectivity index (χ1) is 12.8. The van der Waals surface area contributed by atoms with Crippen LogP contribution < -0.4 is 4.90 Å². The minimum atomic E-state index is 0.186. The van der Waals surface area contributed by atoms with E-state index in [-0.39, 0.29) is 5.91 Å². The summed E-state index contributed by atoms with van der Waals surface area (Å²) in [7, 11) is 0. The third kappa shape index (κ3) is 3.91. The Kier molecular flexibility index (Phi) is 5.21. The Bertz CT molecular complexity index is 715. The lowest BCUT2D eigenvalue weighted by Crippen LogP contribution is -2.45. The lowest BCUT2D eigenvalue weighted by Gasteiger charge is -2.36. The van der Waals surface area contributed by atoms with Gasteiger partial charge < -0.3 is 9.80 Å². The van der Waals surface area contributed by atoms with Crippen molar-refractivity contribution in [2.24, 2.45) is 0 Å². The van der Waals surface area contributed by atoms with Gasteiger partial charge in [-0.25, -0.2) is 0 Å². The first-order valence-corrected chi connectivity index (χ1v) is 9.70. The lowest BCUT2D eigenvalue weighted by molar-refractivity contribution is 0.0793. The van der Waals surface area contributed by atoms with Gasteiger partial charge in [-0.1, -0.05) is 30.3 Å². The molecular weight excluding hydrogens is 322 g/mol. The number of hydrogen-bond donors (Lipinski definition) is 0. The predicted molar refractivity (Wildman–Crippen MR) is 106 cm³/mol. The van der Waals surface area contributed by atoms with Crippen LogP contribution in [-0.4, -0.2) is 55.0 Å². The summed E-state index contributed by atoms with van der Waals surface area (Å²) in [5.41, 5.74) is 3.43. The fraction of sp³-hybridized carbons (Fsp3) is 0.409. The average Bonchev–Trinajstić information content (AvgIpc) is 3.24. The standard InChI is InChI=1S/C22H27N3O/c26-22(25-12-4-5-13-25)20-10-8-19(9-11-20)18-23-14-16-24(17-15-23)21-6-2-1-3-7-21/h1-3,6-11H,4-5,12-18H2. The molecule has 4 rings (SSSR count). The number of carbonyl (C=O) groups excluding carboxylic acids is 1. The van der Waals surface area contributed by atoms with E-state index in [9.17, 15) is 4.79 Å². The van der Waals surface area contributed by atoms with Gasteiger partial charge in [-0.05, 0) is 42.7 Å². The number of rotatable bonds is 4. The van der Waals surface area contributed by atoms with Gasteiger partial charge in [0.05, 0.1) is 0 Å². The van der Waals surface area contributed by atoms with Crippen LogP contribution in [0.15, 0.2) is 54.6 Å². The van der Waals surface area contributed by atoms with Crippen molar-refractivity contribution in [3.8, 4) is 0 Å². The molecule has 2 saturated heterocycles. The second kappa shape index (κ2) is 7.92. The van der Waals surface area contributed by atoms with E-state index in [4.69, 9.17) is 0 Å². The molecule has 0 bridgehead atoms. The molecule has 0 unspecified atom stereocenters. The molecule has 0 radical (unpaired) electrons. The Morgan fingerprint density at radius 1 is 0.769 bits per heavy atom. The number of piperazine rings is 1. The van der Waals surface area contributed by atoms with Gasteiger partial charge in [0.15, 0.2) is 0 Å². The van der Waals surface area contributed by atoms with Crippen molar-refractivity contribution in [2.45, 2.75) is 19.4 Å². The number of carbonyl (C=O) groups is 1. The van der Waals surface area contributed by atoms with Crippen LogP contribution >= 0.6 is 0 Å². The number of para-hydroxylation sites is 1. The summed E-state index contributed by atoms with van der Waals surface area (Å²) in [5.74, 6) is 0.186. The van der Waals surface area contributed by atoms with E-state index in [2.05, 4.69) is 52.3 Å². The molecule has 4 heteroatoms. The second-order valence-corrected chi connectivity index (χ2v) is 7.29. The van der Waals surface area contributed by atoms with Crippen LogP contribution in [0.5, 0.6) is 0 Å². The van der Waals surface area contributed by atoms with Gasteiger partial charge in [-0.3, -0.25) is 9.69 Å². The third-order valence-electron chi connectivity index (χ3n) is 5.49. The van der Waals surface area contributed by atoms with Crippen molar-refractivity contribution in [3.63, 3.8) is 0 Å². The minimum Gasteiger partial charge on any atom is -0.369 e. The van der Waals surface area contributed by atoms with Gasteiger partial charge >= 0.3 is 0 Å². The molecule has 0 saturated carbocycles. The second-order valence-electron chi connectivity index (χ2n) is 7.29. The maximum atomic E-state index is 12.4. The van der Waals surface area contributed by atoms with Crippen LogP contribution in [0.4, 0.5) is 5.69 Å². The molecule has 2 fully saturated rings. The van der Waals surface area contributed by atoms with Crippen LogP contribution in [0.2, 0.25) is 0 Å². The van der Waals surface area contributed by atoms with Gasteiger partial charge in [0.2, 0.25) is 0 Å². The molecule has 2 heterocycles. The Morgan fingerprint density at radius 3 is 2.08 bits per heavy atom. The Morgan fingerprint density at radius 2 is 1.42 bits per heavy atom. The molecule has 26 heavy (non-hydrogen) atoms. The van der Waals surface area contributed by atoms with Gasteiger partial charge in [-0.15, -0.1) is 0 Å². The summed E-state index contributed by atoms with van der Waals surface area (Å²) >= 11 is 0. The zero-order valence-corrected chi connectivity index (χ0v) is 15.3. The van der Waals surface area contributed by atoms with Crippen molar-refractivity contribution in [1.82, 2.24) is 9.80 Å². The third-order valence-corrected chi connectivity index (χ3v) is 5.49. The van der Waals surface area contributed by atoms with Crippen molar-refractivity contribution in [2.75, 3.05) is 44.2 Å². The van der Waals surface area contributed by atoms with E-state index in [0.717, 1.165) is 64.2 Å². The van der Waals surface area contributed by atoms with Crippen molar-refractivity contribution in [3.05, 3.63) is 65.7 Å². The zero-order valence-electron chi connectivity index (χ0n) is 15.3. The van der Waals surface area contributed by atoms with Crippen molar-refractivity contribution >= 4 is 11.6 Å². The van der Waals surface area contributed by atoms with E-state index < -0.39 is 0 Å². The first-order valence-electron chi connectivity index (χ1n) is 9.70. The highest BCUT2D eigenvalue weighted by Gasteiger charge is 2.20. The molecule has 0 aliphatic carbocycles. The number of benzene rings is 2. The molecule has 0 atom stereocenters. The van der Waals surface area contributed by atoms with Crippen molar-refractivity contribution in [1.29, 1.82) is 0 Å². The topological polar surface area (TPSA) is 26.8 Å². The fourth-order valence-electron chi connectivity index (χ4n) is 3.92. The van der Waals surface area contributed by atoms with E-state index in [0.29, 0.717) is 0 Å². The molecule has 2 aliphatic heterocycles. The molecule has 0 aromatic heterocycles. The van der Waals surface area contributed by atoms with E-state index >= 15 is 0 Å². The molecule has 0 N–H and O–H groups in total. The predicted octanol–water partition coefficient (Wildman–Crippen LogP) is 3.24. The van der Waals surface area contributed by atoms with Crippen LogP contribution in [0.1, 0.15) is 28.8 Å². The molecule has 1 amide bonds. The van der Waals surface area contributed by atoms with Gasteiger partial charge in [0.1, 0.15) is 0 Å². The number of nitrogens with zero attached hydrogens (tertiary/aromatic N) is 3. The van der Waals surface area contributed by atoms with Gasteiger partial charge in [0.25, 0.3) is 5.91 Å². The smallest absolute Gasteiger partial charge is 0.253 e. The quantitative estimate of drug-likeness (QED) is 0.848. The number of anilines is 1. The number of hydrogen-bond acceptors (Lipinski definition) is 3. The zero-order chi connectivity index (χ0) is 17.8. The minimum absolute atomic E-state index is 0.186. The fourth-order valence-corrected chi connectivity index (χ4v) is 3.92. The highest BCUT2D eigenvalue weighted by atomic mass is 16.2. The maximum absolute atomic E-state index is 12.4. The van der Waals surface area contributed by atoms with E-state index in [1.54, 1.807) is 0 Å². The molecule has 2 aromatic rings. The molecule has 136 valence electrons. The SMILES string of the molecule is O=C(c1ccc(CN2CCN(c3ccccc3)CC2)cc1)N1CCCC1. The monoisotopic (exact) mass is 349 g/mol. The van der Waals surface area contributed by atoms with Gasteiger partial charge in [-0.2, -0.15) is 0 Å². The summed E-state index contributed by atoms with van der Waals surface area (Å²) in [4.78, 5) is 19.3. The van der Waals surface area contributed by atoms with Crippen LogP contribution in [0.25, 0.3) is 0 Å². The highest BCUT2D eigenvalue weighted by Crippen LogP contribution is 2.18. The number of likely N-dealkylation sites (tertiary alicyclic amines) is 1. The van der Waals surface area contributed by atoms with Crippen LogP contribution in [0, 0.1) is 0 Å². The number of amides is 1. The molecular formula is C22H27N3O. The van der Waals surface area contributed by atoms with Gasteiger partial charge in [0, 0.05) is 57.1 Å². The molecule has 0 spiro atoms. The normalized spacial score (nSPS) is 18.3. The van der Waals surface area contributed by atoms with Crippen LogP contribution in [0.3, 0.4) is 0 Å². The summed E-state index contributed by atoms with van der Waals surface area (Å²) in [6.45, 7) is 7.05. The van der Waals surface area contributed by atoms with Crippen LogP contribution in [-0.2, 0) is 6.54 Å². The molecule has 2 aromatic carbocycles. The summed E-state index contributed by atoms with van der Waals surface area (Å²) in [5, 5.41) is 0. The Labute approximate surface area is 156 Å². The average molecular weight is 349 g/mol. The van der Waals surface area contributed by atoms with E-state index in [1.807, 2.05) is 17.0 Å². The Balaban J connectivity index is 1.30. The van der Waals surface area contributed by atoms with E-state index in [1.165, 1.54) is 11.3 Å².